The molecular formula is C14H23BrN2S. The van der Waals surface area contributed by atoms with Gasteiger partial charge in [0.2, 0.25) is 0 Å². The second-order valence-corrected chi connectivity index (χ2v) is 7.07. The van der Waals surface area contributed by atoms with Gasteiger partial charge in [-0.2, -0.15) is 0 Å². The average Bonchev–Trinajstić information content (AvgIpc) is 2.83. The van der Waals surface area contributed by atoms with Crippen molar-refractivity contribution in [2.24, 2.45) is 5.92 Å². The van der Waals surface area contributed by atoms with Gasteiger partial charge in [-0.25, -0.2) is 0 Å². The Balaban J connectivity index is 1.82. The molecule has 1 aliphatic rings. The van der Waals surface area contributed by atoms with Crippen LogP contribution in [0.5, 0.6) is 0 Å². The van der Waals surface area contributed by atoms with Gasteiger partial charge in [-0.1, -0.05) is 0 Å². The summed E-state index contributed by atoms with van der Waals surface area (Å²) in [5.74, 6) is 0.927. The second kappa shape index (κ2) is 7.04. The van der Waals surface area contributed by atoms with E-state index in [0.29, 0.717) is 6.04 Å². The van der Waals surface area contributed by atoms with Gasteiger partial charge in [-0.05, 0) is 80.8 Å². The van der Waals surface area contributed by atoms with Crippen LogP contribution >= 0.6 is 27.3 Å². The minimum atomic E-state index is 0.576. The highest BCUT2D eigenvalue weighted by Crippen LogP contribution is 2.32. The molecule has 1 aliphatic heterocycles. The molecule has 2 rings (SSSR count). The summed E-state index contributed by atoms with van der Waals surface area (Å²) in [6.45, 7) is 6.01. The van der Waals surface area contributed by atoms with Crippen LogP contribution < -0.4 is 5.32 Å². The van der Waals surface area contributed by atoms with Gasteiger partial charge in [0.25, 0.3) is 0 Å². The summed E-state index contributed by atoms with van der Waals surface area (Å²) in [7, 11) is 2.05. The molecule has 0 saturated carbocycles. The maximum absolute atomic E-state index is 3.55. The van der Waals surface area contributed by atoms with Crippen molar-refractivity contribution >= 4 is 27.3 Å². The van der Waals surface area contributed by atoms with Crippen molar-refractivity contribution < 1.29 is 0 Å². The number of piperidine rings is 1. The van der Waals surface area contributed by atoms with Crippen LogP contribution in [0.25, 0.3) is 0 Å². The van der Waals surface area contributed by atoms with Gasteiger partial charge in [-0.15, -0.1) is 11.3 Å². The Kier molecular flexibility index (Phi) is 5.67. The fraction of sp³-hybridized carbons (Fsp3) is 0.714. The third-order valence-corrected chi connectivity index (χ3v) is 5.86. The molecule has 0 aromatic carbocycles. The van der Waals surface area contributed by atoms with Crippen LogP contribution in [0.1, 0.15) is 37.1 Å². The Morgan fingerprint density at radius 3 is 2.78 bits per heavy atom. The summed E-state index contributed by atoms with van der Waals surface area (Å²) < 4.78 is 1.22. The van der Waals surface area contributed by atoms with Gasteiger partial charge in [0.15, 0.2) is 0 Å². The fourth-order valence-electron chi connectivity index (χ4n) is 2.70. The Hall–Kier alpha value is 0.1000. The smallest absolute Gasteiger partial charge is 0.0413 e. The lowest BCUT2D eigenvalue weighted by molar-refractivity contribution is 0.139. The zero-order chi connectivity index (χ0) is 13.0. The van der Waals surface area contributed by atoms with E-state index >= 15 is 0 Å². The maximum atomic E-state index is 3.55. The van der Waals surface area contributed by atoms with Crippen molar-refractivity contribution in [2.75, 3.05) is 26.7 Å². The second-order valence-electron chi connectivity index (χ2n) is 5.21. The first-order chi connectivity index (χ1) is 8.70. The van der Waals surface area contributed by atoms with E-state index in [1.807, 2.05) is 18.4 Å². The first kappa shape index (κ1) is 14.5. The minimum Gasteiger partial charge on any atom is -0.320 e. The standard InChI is InChI=1S/C14H23BrN2S/c1-11(14-9-13(15)10-18-14)17-7-4-12(5-8-17)3-6-16-2/h9-12,16H,3-8H2,1-2H3. The predicted molar refractivity (Wildman–Crippen MR) is 83.3 cm³/mol. The number of nitrogens with one attached hydrogen (secondary N) is 1. The summed E-state index contributed by atoms with van der Waals surface area (Å²) in [4.78, 5) is 4.12. The van der Waals surface area contributed by atoms with Crippen LogP contribution in [0.4, 0.5) is 0 Å². The maximum Gasteiger partial charge on any atom is 0.0413 e. The normalized spacial score (nSPS) is 20.2. The number of thiophene rings is 1. The molecule has 102 valence electrons. The van der Waals surface area contributed by atoms with Crippen LogP contribution in [-0.2, 0) is 0 Å². The van der Waals surface area contributed by atoms with Crippen molar-refractivity contribution in [3.05, 3.63) is 20.8 Å². The summed E-state index contributed by atoms with van der Waals surface area (Å²) in [5, 5.41) is 5.45. The van der Waals surface area contributed by atoms with Crippen molar-refractivity contribution in [2.45, 2.75) is 32.2 Å². The minimum absolute atomic E-state index is 0.576. The quantitative estimate of drug-likeness (QED) is 0.880. The van der Waals surface area contributed by atoms with Crippen LogP contribution in [0, 0.1) is 5.92 Å². The number of hydrogen-bond donors (Lipinski definition) is 1. The highest BCUT2D eigenvalue weighted by Gasteiger charge is 2.23. The number of hydrogen-bond acceptors (Lipinski definition) is 3. The molecule has 4 heteroatoms. The third-order valence-electron chi connectivity index (χ3n) is 4.00. The SMILES string of the molecule is CNCCC1CCN(C(C)c2cc(Br)cs2)CC1. The summed E-state index contributed by atoms with van der Waals surface area (Å²) >= 11 is 5.41. The van der Waals surface area contributed by atoms with Crippen molar-refractivity contribution in [1.29, 1.82) is 0 Å². The summed E-state index contributed by atoms with van der Waals surface area (Å²) in [6, 6.07) is 2.84. The molecule has 0 amide bonds. The first-order valence-corrected chi connectivity index (χ1v) is 8.50. The van der Waals surface area contributed by atoms with Crippen LogP contribution in [0.2, 0.25) is 0 Å². The zero-order valence-electron chi connectivity index (χ0n) is 11.3. The van der Waals surface area contributed by atoms with E-state index in [9.17, 15) is 0 Å². The zero-order valence-corrected chi connectivity index (χ0v) is 13.7. The lowest BCUT2D eigenvalue weighted by atomic mass is 9.92. The van der Waals surface area contributed by atoms with E-state index in [0.717, 1.165) is 12.5 Å². The van der Waals surface area contributed by atoms with E-state index in [2.05, 4.69) is 44.5 Å². The topological polar surface area (TPSA) is 15.3 Å². The van der Waals surface area contributed by atoms with Gasteiger partial charge < -0.3 is 5.32 Å². The van der Waals surface area contributed by atoms with Crippen molar-refractivity contribution in [3.8, 4) is 0 Å². The van der Waals surface area contributed by atoms with Gasteiger partial charge in [-0.3, -0.25) is 4.90 Å². The van der Waals surface area contributed by atoms with Crippen molar-refractivity contribution in [1.82, 2.24) is 10.2 Å². The molecule has 18 heavy (non-hydrogen) atoms. The Morgan fingerprint density at radius 1 is 1.50 bits per heavy atom. The molecule has 1 aromatic rings. The van der Waals surface area contributed by atoms with E-state index in [4.69, 9.17) is 0 Å². The lowest BCUT2D eigenvalue weighted by Crippen LogP contribution is -2.36. The van der Waals surface area contributed by atoms with E-state index in [-0.39, 0.29) is 0 Å². The van der Waals surface area contributed by atoms with Crippen molar-refractivity contribution in [3.63, 3.8) is 0 Å². The molecule has 0 aliphatic carbocycles. The molecular weight excluding hydrogens is 308 g/mol. The molecule has 2 heterocycles. The van der Waals surface area contributed by atoms with Crippen LogP contribution in [0.3, 0.4) is 0 Å². The molecule has 1 fully saturated rings. The molecule has 1 aromatic heterocycles. The fourth-order valence-corrected chi connectivity index (χ4v) is 4.24. The van der Waals surface area contributed by atoms with E-state index in [1.165, 1.54) is 41.7 Å². The van der Waals surface area contributed by atoms with Gasteiger partial charge >= 0.3 is 0 Å². The van der Waals surface area contributed by atoms with Gasteiger partial charge in [0, 0.05) is 20.8 Å². The molecule has 0 bridgehead atoms. The molecule has 1 N–H and O–H groups in total. The lowest BCUT2D eigenvalue weighted by Gasteiger charge is -2.35. The highest BCUT2D eigenvalue weighted by atomic mass is 79.9. The number of rotatable bonds is 5. The van der Waals surface area contributed by atoms with Crippen LogP contribution in [-0.4, -0.2) is 31.6 Å². The Bertz CT molecular complexity index is 358. The molecule has 0 radical (unpaired) electrons. The molecule has 1 atom stereocenters. The first-order valence-electron chi connectivity index (χ1n) is 6.83. The molecule has 0 spiro atoms. The van der Waals surface area contributed by atoms with Gasteiger partial charge in [0.1, 0.15) is 0 Å². The number of likely N-dealkylation sites (tertiary alicyclic amines) is 1. The van der Waals surface area contributed by atoms with Crippen LogP contribution in [0.15, 0.2) is 15.9 Å². The molecule has 1 unspecified atom stereocenters. The Morgan fingerprint density at radius 2 is 2.22 bits per heavy atom. The molecule has 1 saturated heterocycles. The van der Waals surface area contributed by atoms with Gasteiger partial charge in [0.05, 0.1) is 0 Å². The third kappa shape index (κ3) is 3.80. The predicted octanol–water partition coefficient (Wildman–Crippen LogP) is 3.89. The largest absolute Gasteiger partial charge is 0.320 e. The van der Waals surface area contributed by atoms with E-state index in [1.54, 1.807) is 0 Å². The average molecular weight is 331 g/mol. The highest BCUT2D eigenvalue weighted by molar-refractivity contribution is 9.10. The summed E-state index contributed by atoms with van der Waals surface area (Å²) in [6.07, 6.45) is 4.06. The Labute approximate surface area is 123 Å². The van der Waals surface area contributed by atoms with E-state index < -0.39 is 0 Å². The summed E-state index contributed by atoms with van der Waals surface area (Å²) in [5.41, 5.74) is 0. The monoisotopic (exact) mass is 330 g/mol. The molecule has 2 nitrogen and oxygen atoms in total. The number of halogens is 1. The number of nitrogens with zero attached hydrogens (tertiary/aromatic N) is 1.